The van der Waals surface area contributed by atoms with Crippen LogP contribution in [-0.2, 0) is 0 Å². The standard InChI is InChI=1S/C17H17N3O3/c21-15-12-5-1-2-6-13(12)18-17(19-15)8-4-9-20(11-17)16(22)14-7-3-10-23-14/h1-3,5-7,10,18H,4,8-9,11H2,(H,19,21)/t17-/m0/s1. The second-order valence-corrected chi connectivity index (χ2v) is 6.01. The largest absolute Gasteiger partial charge is 0.459 e. The number of rotatable bonds is 1. The van der Waals surface area contributed by atoms with E-state index in [0.29, 0.717) is 24.4 Å². The monoisotopic (exact) mass is 311 g/mol. The average Bonchev–Trinajstić information content (AvgIpc) is 3.08. The van der Waals surface area contributed by atoms with Crippen LogP contribution in [-0.4, -0.2) is 35.5 Å². The van der Waals surface area contributed by atoms with E-state index in [4.69, 9.17) is 4.42 Å². The lowest BCUT2D eigenvalue weighted by Gasteiger charge is -2.46. The van der Waals surface area contributed by atoms with Crippen LogP contribution in [0.4, 0.5) is 5.69 Å². The van der Waals surface area contributed by atoms with E-state index in [1.165, 1.54) is 6.26 Å². The number of nitrogens with one attached hydrogen (secondary N) is 2. The highest BCUT2D eigenvalue weighted by molar-refractivity contribution is 6.02. The third-order valence-electron chi connectivity index (χ3n) is 4.41. The molecule has 2 aromatic rings. The molecule has 3 heterocycles. The third-order valence-corrected chi connectivity index (χ3v) is 4.41. The van der Waals surface area contributed by atoms with Crippen LogP contribution in [0.2, 0.25) is 0 Å². The van der Waals surface area contributed by atoms with Crippen LogP contribution in [0.25, 0.3) is 0 Å². The van der Waals surface area contributed by atoms with Crippen LogP contribution in [0.15, 0.2) is 47.1 Å². The third kappa shape index (κ3) is 2.36. The Hall–Kier alpha value is -2.76. The topological polar surface area (TPSA) is 74.6 Å². The van der Waals surface area contributed by atoms with Gasteiger partial charge >= 0.3 is 0 Å². The molecule has 2 N–H and O–H groups in total. The van der Waals surface area contributed by atoms with Gasteiger partial charge in [0.15, 0.2) is 5.76 Å². The van der Waals surface area contributed by atoms with Gasteiger partial charge in [0.05, 0.1) is 18.4 Å². The first kappa shape index (κ1) is 13.9. The van der Waals surface area contributed by atoms with E-state index in [9.17, 15) is 9.59 Å². The molecule has 0 radical (unpaired) electrons. The Kier molecular flexibility index (Phi) is 3.11. The molecule has 2 aliphatic rings. The molecule has 0 bridgehead atoms. The fourth-order valence-electron chi connectivity index (χ4n) is 3.35. The van der Waals surface area contributed by atoms with Gasteiger partial charge in [-0.25, -0.2) is 0 Å². The van der Waals surface area contributed by atoms with Crippen molar-refractivity contribution in [3.05, 3.63) is 54.0 Å². The molecule has 4 rings (SSSR count). The number of fused-ring (bicyclic) bond motifs is 1. The number of hydrogen-bond donors (Lipinski definition) is 2. The Balaban J connectivity index is 1.60. The summed E-state index contributed by atoms with van der Waals surface area (Å²) in [5, 5.41) is 6.46. The van der Waals surface area contributed by atoms with Crippen LogP contribution in [0.3, 0.4) is 0 Å². The van der Waals surface area contributed by atoms with Crippen LogP contribution >= 0.6 is 0 Å². The molecular weight excluding hydrogens is 294 g/mol. The number of likely N-dealkylation sites (tertiary alicyclic amines) is 1. The SMILES string of the molecule is O=C1N[C@]2(CCCN(C(=O)c3ccco3)C2)Nc2ccccc21. The zero-order chi connectivity index (χ0) is 15.9. The van der Waals surface area contributed by atoms with E-state index in [1.807, 2.05) is 18.2 Å². The lowest BCUT2D eigenvalue weighted by molar-refractivity contribution is 0.0566. The predicted octanol–water partition coefficient (Wildman–Crippen LogP) is 2.07. The number of nitrogens with zero attached hydrogens (tertiary/aromatic N) is 1. The summed E-state index contributed by atoms with van der Waals surface area (Å²) >= 11 is 0. The molecular formula is C17H17N3O3. The molecule has 23 heavy (non-hydrogen) atoms. The van der Waals surface area contributed by atoms with E-state index in [-0.39, 0.29) is 11.8 Å². The van der Waals surface area contributed by atoms with Gasteiger partial charge in [0.2, 0.25) is 0 Å². The van der Waals surface area contributed by atoms with Crippen LogP contribution < -0.4 is 10.6 Å². The summed E-state index contributed by atoms with van der Waals surface area (Å²) in [6.07, 6.45) is 3.07. The molecule has 1 aromatic heterocycles. The smallest absolute Gasteiger partial charge is 0.289 e. The lowest BCUT2D eigenvalue weighted by Crippen LogP contribution is -2.66. The van der Waals surface area contributed by atoms with Crippen molar-refractivity contribution in [2.45, 2.75) is 18.5 Å². The van der Waals surface area contributed by atoms with Crippen molar-refractivity contribution in [1.29, 1.82) is 0 Å². The molecule has 1 fully saturated rings. The molecule has 2 amide bonds. The number of piperidine rings is 1. The maximum atomic E-state index is 12.5. The molecule has 1 saturated heterocycles. The maximum Gasteiger partial charge on any atom is 0.289 e. The lowest BCUT2D eigenvalue weighted by atomic mass is 9.93. The summed E-state index contributed by atoms with van der Waals surface area (Å²) in [5.41, 5.74) is 0.822. The molecule has 0 aliphatic carbocycles. The van der Waals surface area contributed by atoms with E-state index >= 15 is 0 Å². The minimum atomic E-state index is -0.619. The fourth-order valence-corrected chi connectivity index (χ4v) is 3.35. The zero-order valence-electron chi connectivity index (χ0n) is 12.5. The zero-order valence-corrected chi connectivity index (χ0v) is 12.5. The minimum absolute atomic E-state index is 0.105. The Labute approximate surface area is 133 Å². The molecule has 1 spiro atoms. The number of hydrogen-bond acceptors (Lipinski definition) is 4. The Morgan fingerprint density at radius 1 is 1.17 bits per heavy atom. The van der Waals surface area contributed by atoms with E-state index in [2.05, 4.69) is 10.6 Å². The number of amides is 2. The van der Waals surface area contributed by atoms with Crippen molar-refractivity contribution in [1.82, 2.24) is 10.2 Å². The maximum absolute atomic E-state index is 12.5. The predicted molar refractivity (Wildman–Crippen MR) is 84.1 cm³/mol. The first-order valence-electron chi connectivity index (χ1n) is 7.69. The highest BCUT2D eigenvalue weighted by Gasteiger charge is 2.42. The number of para-hydroxylation sites is 1. The molecule has 118 valence electrons. The van der Waals surface area contributed by atoms with Crippen LogP contribution in [0.1, 0.15) is 33.8 Å². The number of carbonyl (C=O) groups excluding carboxylic acids is 2. The summed E-state index contributed by atoms with van der Waals surface area (Å²) in [6.45, 7) is 1.06. The summed E-state index contributed by atoms with van der Waals surface area (Å²) in [7, 11) is 0. The quantitative estimate of drug-likeness (QED) is 0.845. The van der Waals surface area contributed by atoms with Gasteiger partial charge in [-0.2, -0.15) is 0 Å². The van der Waals surface area contributed by atoms with Gasteiger partial charge in [-0.1, -0.05) is 12.1 Å². The minimum Gasteiger partial charge on any atom is -0.459 e. The van der Waals surface area contributed by atoms with Crippen molar-refractivity contribution in [2.75, 3.05) is 18.4 Å². The molecule has 1 aromatic carbocycles. The van der Waals surface area contributed by atoms with Gasteiger partial charge in [0.1, 0.15) is 5.66 Å². The molecule has 0 saturated carbocycles. The van der Waals surface area contributed by atoms with Gasteiger partial charge in [0, 0.05) is 12.2 Å². The highest BCUT2D eigenvalue weighted by Crippen LogP contribution is 2.30. The molecule has 6 heteroatoms. The van der Waals surface area contributed by atoms with Crippen LogP contribution in [0, 0.1) is 0 Å². The number of benzene rings is 1. The van der Waals surface area contributed by atoms with Gasteiger partial charge < -0.3 is 20.0 Å². The molecule has 1 atom stereocenters. The Morgan fingerprint density at radius 2 is 2.04 bits per heavy atom. The summed E-state index contributed by atoms with van der Waals surface area (Å²) in [6, 6.07) is 10.8. The van der Waals surface area contributed by atoms with Crippen molar-refractivity contribution in [3.63, 3.8) is 0 Å². The highest BCUT2D eigenvalue weighted by atomic mass is 16.3. The van der Waals surface area contributed by atoms with Gasteiger partial charge in [-0.15, -0.1) is 0 Å². The van der Waals surface area contributed by atoms with Crippen molar-refractivity contribution < 1.29 is 14.0 Å². The normalized spacial score (nSPS) is 23.1. The first-order valence-corrected chi connectivity index (χ1v) is 7.69. The summed E-state index contributed by atoms with van der Waals surface area (Å²) < 4.78 is 5.20. The van der Waals surface area contributed by atoms with E-state index in [1.54, 1.807) is 23.1 Å². The summed E-state index contributed by atoms with van der Waals surface area (Å²) in [4.78, 5) is 26.6. The van der Waals surface area contributed by atoms with E-state index in [0.717, 1.165) is 18.5 Å². The molecule has 2 aliphatic heterocycles. The fraction of sp³-hybridized carbons (Fsp3) is 0.294. The van der Waals surface area contributed by atoms with Crippen molar-refractivity contribution >= 4 is 17.5 Å². The van der Waals surface area contributed by atoms with Crippen molar-refractivity contribution in [2.24, 2.45) is 0 Å². The van der Waals surface area contributed by atoms with Gasteiger partial charge in [-0.05, 0) is 37.1 Å². The molecule has 6 nitrogen and oxygen atoms in total. The first-order chi connectivity index (χ1) is 11.2. The Morgan fingerprint density at radius 3 is 2.87 bits per heavy atom. The number of anilines is 1. The number of furan rings is 1. The number of carbonyl (C=O) groups is 2. The Bertz CT molecular complexity index is 756. The average molecular weight is 311 g/mol. The van der Waals surface area contributed by atoms with Crippen molar-refractivity contribution in [3.8, 4) is 0 Å². The summed E-state index contributed by atoms with van der Waals surface area (Å²) in [5.74, 6) is 0.0696. The van der Waals surface area contributed by atoms with Gasteiger partial charge in [0.25, 0.3) is 11.8 Å². The second kappa shape index (κ2) is 5.15. The van der Waals surface area contributed by atoms with Crippen LogP contribution in [0.5, 0.6) is 0 Å². The second-order valence-electron chi connectivity index (χ2n) is 6.01. The molecule has 0 unspecified atom stereocenters. The van der Waals surface area contributed by atoms with E-state index < -0.39 is 5.66 Å². The van der Waals surface area contributed by atoms with Gasteiger partial charge in [-0.3, -0.25) is 9.59 Å².